The highest BCUT2D eigenvalue weighted by atomic mass is 15.0. The number of fused-ring (bicyclic) bond motifs is 1. The molecule has 2 aromatic carbocycles. The molecule has 0 radical (unpaired) electrons. The second-order valence-corrected chi connectivity index (χ2v) is 4.41. The zero-order valence-corrected chi connectivity index (χ0v) is 10.2. The smallest absolute Gasteiger partial charge is 0.130 e. The van der Waals surface area contributed by atoms with Crippen molar-refractivity contribution in [1.29, 1.82) is 0 Å². The van der Waals surface area contributed by atoms with Gasteiger partial charge in [0.05, 0.1) is 0 Å². The molecule has 2 heteroatoms. The molecule has 0 saturated carbocycles. The van der Waals surface area contributed by atoms with Gasteiger partial charge in [-0.1, -0.05) is 42.0 Å². The summed E-state index contributed by atoms with van der Waals surface area (Å²) in [4.78, 5) is 4.42. The van der Waals surface area contributed by atoms with Gasteiger partial charge >= 0.3 is 0 Å². The largest absolute Gasteiger partial charge is 0.340 e. The third-order valence-corrected chi connectivity index (χ3v) is 2.92. The standard InChI is InChI=1S/C16H14N2/c1-12-7-8-13-11-17-16(10-14(13)9-12)18-15-5-3-2-4-6-15/h2-11H,1H3,(H,17,18). The first-order chi connectivity index (χ1) is 8.81. The molecule has 0 saturated heterocycles. The van der Waals surface area contributed by atoms with E-state index in [-0.39, 0.29) is 0 Å². The van der Waals surface area contributed by atoms with Crippen molar-refractivity contribution in [1.82, 2.24) is 4.98 Å². The minimum atomic E-state index is 0.874. The number of hydrogen-bond donors (Lipinski definition) is 1. The lowest BCUT2D eigenvalue weighted by molar-refractivity contribution is 1.33. The molecule has 3 rings (SSSR count). The Labute approximate surface area is 106 Å². The van der Waals surface area contributed by atoms with Crippen LogP contribution in [0.25, 0.3) is 10.8 Å². The molecule has 0 atom stereocenters. The quantitative estimate of drug-likeness (QED) is 0.715. The highest BCUT2D eigenvalue weighted by Crippen LogP contribution is 2.20. The molecule has 0 amide bonds. The first-order valence-electron chi connectivity index (χ1n) is 6.00. The summed E-state index contributed by atoms with van der Waals surface area (Å²) in [5, 5.41) is 5.68. The minimum absolute atomic E-state index is 0.874. The molecular weight excluding hydrogens is 220 g/mol. The Morgan fingerprint density at radius 3 is 2.56 bits per heavy atom. The van der Waals surface area contributed by atoms with Gasteiger partial charge in [0, 0.05) is 17.3 Å². The number of para-hydroxylation sites is 1. The van der Waals surface area contributed by atoms with Crippen LogP contribution in [0, 0.1) is 6.92 Å². The van der Waals surface area contributed by atoms with Gasteiger partial charge in [-0.2, -0.15) is 0 Å². The summed E-state index contributed by atoms with van der Waals surface area (Å²) < 4.78 is 0. The van der Waals surface area contributed by atoms with Gasteiger partial charge in [0.15, 0.2) is 0 Å². The summed E-state index contributed by atoms with van der Waals surface area (Å²) in [6.07, 6.45) is 1.90. The summed E-state index contributed by atoms with van der Waals surface area (Å²) >= 11 is 0. The molecular formula is C16H14N2. The number of pyridine rings is 1. The van der Waals surface area contributed by atoms with Crippen molar-refractivity contribution in [2.75, 3.05) is 5.32 Å². The third-order valence-electron chi connectivity index (χ3n) is 2.92. The Hall–Kier alpha value is -2.35. The molecule has 1 N–H and O–H groups in total. The highest BCUT2D eigenvalue weighted by Gasteiger charge is 1.99. The first-order valence-corrected chi connectivity index (χ1v) is 6.00. The lowest BCUT2D eigenvalue weighted by Crippen LogP contribution is -1.92. The summed E-state index contributed by atoms with van der Waals surface area (Å²) in [6, 6.07) is 18.5. The lowest BCUT2D eigenvalue weighted by atomic mass is 10.1. The van der Waals surface area contributed by atoms with Crippen LogP contribution in [0.1, 0.15) is 5.56 Å². The van der Waals surface area contributed by atoms with Crippen molar-refractivity contribution in [2.45, 2.75) is 6.92 Å². The van der Waals surface area contributed by atoms with Crippen molar-refractivity contribution in [3.63, 3.8) is 0 Å². The maximum absolute atomic E-state index is 4.42. The summed E-state index contributed by atoms with van der Waals surface area (Å²) in [7, 11) is 0. The lowest BCUT2D eigenvalue weighted by Gasteiger charge is -2.06. The number of hydrogen-bond acceptors (Lipinski definition) is 2. The van der Waals surface area contributed by atoms with E-state index in [0.717, 1.165) is 11.5 Å². The fraction of sp³-hybridized carbons (Fsp3) is 0.0625. The van der Waals surface area contributed by atoms with Gasteiger partial charge in [-0.05, 0) is 30.5 Å². The van der Waals surface area contributed by atoms with E-state index in [0.29, 0.717) is 0 Å². The van der Waals surface area contributed by atoms with Gasteiger partial charge in [-0.15, -0.1) is 0 Å². The van der Waals surface area contributed by atoms with Crippen LogP contribution in [-0.4, -0.2) is 4.98 Å². The Balaban J connectivity index is 1.98. The molecule has 3 aromatic rings. The molecule has 0 spiro atoms. The van der Waals surface area contributed by atoms with E-state index in [4.69, 9.17) is 0 Å². The maximum atomic E-state index is 4.42. The summed E-state index contributed by atoms with van der Waals surface area (Å²) in [5.74, 6) is 0.874. The molecule has 1 aromatic heterocycles. The zero-order valence-electron chi connectivity index (χ0n) is 10.2. The molecule has 0 bridgehead atoms. The normalized spacial score (nSPS) is 10.5. The van der Waals surface area contributed by atoms with Crippen LogP contribution in [0.3, 0.4) is 0 Å². The van der Waals surface area contributed by atoms with Crippen molar-refractivity contribution in [3.8, 4) is 0 Å². The van der Waals surface area contributed by atoms with E-state index in [1.54, 1.807) is 0 Å². The fourth-order valence-electron chi connectivity index (χ4n) is 2.00. The van der Waals surface area contributed by atoms with Crippen molar-refractivity contribution < 1.29 is 0 Å². The predicted octanol–water partition coefficient (Wildman–Crippen LogP) is 4.29. The molecule has 0 unspecified atom stereocenters. The van der Waals surface area contributed by atoms with Crippen molar-refractivity contribution >= 4 is 22.3 Å². The number of aryl methyl sites for hydroxylation is 1. The van der Waals surface area contributed by atoms with E-state index in [9.17, 15) is 0 Å². The Bertz CT molecular complexity index is 675. The van der Waals surface area contributed by atoms with Gasteiger partial charge in [-0.3, -0.25) is 0 Å². The van der Waals surface area contributed by atoms with Crippen LogP contribution in [0.5, 0.6) is 0 Å². The molecule has 1 heterocycles. The van der Waals surface area contributed by atoms with Crippen molar-refractivity contribution in [3.05, 3.63) is 66.4 Å². The number of anilines is 2. The summed E-state index contributed by atoms with van der Waals surface area (Å²) in [6.45, 7) is 2.10. The monoisotopic (exact) mass is 234 g/mol. The molecule has 0 fully saturated rings. The molecule has 0 aliphatic heterocycles. The molecule has 0 aliphatic rings. The first kappa shape index (κ1) is 10.8. The number of rotatable bonds is 2. The molecule has 2 nitrogen and oxygen atoms in total. The van der Waals surface area contributed by atoms with Crippen LogP contribution < -0.4 is 5.32 Å². The van der Waals surface area contributed by atoms with E-state index < -0.39 is 0 Å². The van der Waals surface area contributed by atoms with E-state index in [1.165, 1.54) is 16.3 Å². The Kier molecular flexibility index (Phi) is 2.69. The van der Waals surface area contributed by atoms with Crippen molar-refractivity contribution in [2.24, 2.45) is 0 Å². The number of nitrogens with one attached hydrogen (secondary N) is 1. The third kappa shape index (κ3) is 2.18. The van der Waals surface area contributed by atoms with E-state index in [1.807, 2.05) is 36.5 Å². The second-order valence-electron chi connectivity index (χ2n) is 4.41. The van der Waals surface area contributed by atoms with E-state index >= 15 is 0 Å². The van der Waals surface area contributed by atoms with Gasteiger partial charge in [0.1, 0.15) is 5.82 Å². The SMILES string of the molecule is Cc1ccc2cnc(Nc3ccccc3)cc2c1. The molecule has 18 heavy (non-hydrogen) atoms. The second kappa shape index (κ2) is 4.49. The highest BCUT2D eigenvalue weighted by molar-refractivity contribution is 5.85. The van der Waals surface area contributed by atoms with Crippen LogP contribution in [0.2, 0.25) is 0 Å². The number of nitrogens with zero attached hydrogens (tertiary/aromatic N) is 1. The maximum Gasteiger partial charge on any atom is 0.130 e. The van der Waals surface area contributed by atoms with Crippen LogP contribution in [0.4, 0.5) is 11.5 Å². The zero-order chi connectivity index (χ0) is 12.4. The van der Waals surface area contributed by atoms with Gasteiger partial charge in [0.25, 0.3) is 0 Å². The Morgan fingerprint density at radius 2 is 1.72 bits per heavy atom. The van der Waals surface area contributed by atoms with Gasteiger partial charge in [0.2, 0.25) is 0 Å². The van der Waals surface area contributed by atoms with Gasteiger partial charge < -0.3 is 5.32 Å². The molecule has 88 valence electrons. The van der Waals surface area contributed by atoms with E-state index in [2.05, 4.69) is 41.5 Å². The minimum Gasteiger partial charge on any atom is -0.340 e. The number of aromatic nitrogens is 1. The number of benzene rings is 2. The molecule has 0 aliphatic carbocycles. The van der Waals surface area contributed by atoms with Crippen LogP contribution in [0.15, 0.2) is 60.8 Å². The van der Waals surface area contributed by atoms with Crippen LogP contribution >= 0.6 is 0 Å². The van der Waals surface area contributed by atoms with Crippen LogP contribution in [-0.2, 0) is 0 Å². The predicted molar refractivity (Wildman–Crippen MR) is 76.2 cm³/mol. The Morgan fingerprint density at radius 1 is 0.889 bits per heavy atom. The average Bonchev–Trinajstić information content (AvgIpc) is 2.39. The average molecular weight is 234 g/mol. The van der Waals surface area contributed by atoms with Gasteiger partial charge in [-0.25, -0.2) is 4.98 Å². The topological polar surface area (TPSA) is 24.9 Å². The fourth-order valence-corrected chi connectivity index (χ4v) is 2.00. The summed E-state index contributed by atoms with van der Waals surface area (Å²) in [5.41, 5.74) is 2.32.